The van der Waals surface area contributed by atoms with Crippen molar-refractivity contribution in [1.82, 2.24) is 0 Å². The minimum Gasteiger partial charge on any atom is -0.462 e. The van der Waals surface area contributed by atoms with Gasteiger partial charge in [-0.15, -0.1) is 11.3 Å². The summed E-state index contributed by atoms with van der Waals surface area (Å²) in [6.45, 7) is 9.58. The topological polar surface area (TPSA) is 81.4 Å². The lowest BCUT2D eigenvalue weighted by atomic mass is 9.87. The van der Waals surface area contributed by atoms with Crippen LogP contribution in [0.3, 0.4) is 0 Å². The van der Waals surface area contributed by atoms with E-state index in [4.69, 9.17) is 10.5 Å². The Balaban J connectivity index is 2.93. The van der Waals surface area contributed by atoms with Gasteiger partial charge in [-0.2, -0.15) is 0 Å². The third-order valence-electron chi connectivity index (χ3n) is 2.80. The molecule has 1 heterocycles. The van der Waals surface area contributed by atoms with Crippen molar-refractivity contribution in [2.45, 2.75) is 40.7 Å². The second kappa shape index (κ2) is 6.37. The van der Waals surface area contributed by atoms with Crippen molar-refractivity contribution in [2.75, 3.05) is 11.9 Å². The van der Waals surface area contributed by atoms with E-state index in [1.165, 1.54) is 11.3 Å². The van der Waals surface area contributed by atoms with Crippen LogP contribution in [0.2, 0.25) is 0 Å². The minimum absolute atomic E-state index is 0.294. The maximum absolute atomic E-state index is 12.1. The van der Waals surface area contributed by atoms with Crippen molar-refractivity contribution in [3.05, 3.63) is 16.5 Å². The number of hydrogen-bond donors (Lipinski definition) is 2. The molecule has 0 aliphatic heterocycles. The summed E-state index contributed by atoms with van der Waals surface area (Å²) in [5.41, 5.74) is 5.94. The number of aryl methyl sites for hydroxylation is 1. The van der Waals surface area contributed by atoms with Crippen molar-refractivity contribution < 1.29 is 14.3 Å². The van der Waals surface area contributed by atoms with E-state index in [1.807, 2.05) is 27.7 Å². The summed E-state index contributed by atoms with van der Waals surface area (Å²) in [5, 5.41) is 3.22. The minimum atomic E-state index is -0.653. The Kier molecular flexibility index (Phi) is 5.30. The van der Waals surface area contributed by atoms with Gasteiger partial charge in [0.25, 0.3) is 0 Å². The van der Waals surface area contributed by atoms with Gasteiger partial charge in [-0.25, -0.2) is 4.79 Å². The van der Waals surface area contributed by atoms with Gasteiger partial charge in [-0.1, -0.05) is 20.8 Å². The molecule has 1 atom stereocenters. The normalized spacial score (nSPS) is 12.9. The van der Waals surface area contributed by atoms with Crippen LogP contribution in [0.5, 0.6) is 0 Å². The van der Waals surface area contributed by atoms with E-state index in [2.05, 4.69) is 5.32 Å². The van der Waals surface area contributed by atoms with Gasteiger partial charge in [0, 0.05) is 4.88 Å². The van der Waals surface area contributed by atoms with E-state index in [1.54, 1.807) is 13.0 Å². The second-order valence-electron chi connectivity index (χ2n) is 5.65. The Morgan fingerprint density at radius 2 is 2.05 bits per heavy atom. The summed E-state index contributed by atoms with van der Waals surface area (Å²) in [5.74, 6) is -0.735. The van der Waals surface area contributed by atoms with Gasteiger partial charge >= 0.3 is 5.97 Å². The highest BCUT2D eigenvalue weighted by molar-refractivity contribution is 7.16. The van der Waals surface area contributed by atoms with E-state index in [0.29, 0.717) is 17.2 Å². The molecule has 0 saturated carbocycles. The molecule has 3 N–H and O–H groups in total. The zero-order valence-electron chi connectivity index (χ0n) is 12.6. The Bertz CT molecular complexity index is 503. The molecule has 0 fully saturated rings. The lowest BCUT2D eigenvalue weighted by molar-refractivity contribution is -0.119. The molecule has 0 spiro atoms. The van der Waals surface area contributed by atoms with Crippen LogP contribution in [-0.4, -0.2) is 24.5 Å². The van der Waals surface area contributed by atoms with E-state index in [9.17, 15) is 9.59 Å². The Labute approximate surface area is 123 Å². The zero-order valence-corrected chi connectivity index (χ0v) is 13.4. The van der Waals surface area contributed by atoms with Gasteiger partial charge in [0.15, 0.2) is 0 Å². The van der Waals surface area contributed by atoms with Gasteiger partial charge in [-0.3, -0.25) is 4.79 Å². The first-order valence-corrected chi connectivity index (χ1v) is 7.32. The summed E-state index contributed by atoms with van der Waals surface area (Å²) < 4.78 is 4.98. The van der Waals surface area contributed by atoms with Crippen LogP contribution >= 0.6 is 11.3 Å². The van der Waals surface area contributed by atoms with E-state index in [0.717, 1.165) is 4.88 Å². The number of rotatable bonds is 4. The molecule has 1 unspecified atom stereocenters. The molecule has 0 aliphatic rings. The molecule has 6 heteroatoms. The smallest absolute Gasteiger partial charge is 0.341 e. The number of esters is 1. The first kappa shape index (κ1) is 16.7. The summed E-state index contributed by atoms with van der Waals surface area (Å²) >= 11 is 1.34. The summed E-state index contributed by atoms with van der Waals surface area (Å²) in [7, 11) is 0. The molecule has 1 amide bonds. The molecule has 0 aliphatic carbocycles. The number of hydrogen-bond acceptors (Lipinski definition) is 5. The number of carbonyl (C=O) groups excluding carboxylic acids is 2. The molecule has 112 valence electrons. The summed E-state index contributed by atoms with van der Waals surface area (Å²) in [4.78, 5) is 24.9. The fourth-order valence-corrected chi connectivity index (χ4v) is 2.45. The largest absolute Gasteiger partial charge is 0.462 e. The molecular formula is C14H22N2O3S. The lowest BCUT2D eigenvalue weighted by Crippen LogP contribution is -2.45. The number of nitrogens with two attached hydrogens (primary N) is 1. The highest BCUT2D eigenvalue weighted by Gasteiger charge is 2.29. The van der Waals surface area contributed by atoms with Crippen molar-refractivity contribution in [1.29, 1.82) is 0 Å². The fourth-order valence-electron chi connectivity index (χ4n) is 1.55. The monoisotopic (exact) mass is 298 g/mol. The number of ether oxygens (including phenoxy) is 1. The average Bonchev–Trinajstić information content (AvgIpc) is 2.68. The number of nitrogens with one attached hydrogen (secondary N) is 1. The standard InChI is InChI=1S/C14H22N2O3S/c1-6-19-13(18)9-7-8(2)20-12(9)16-11(17)10(15)14(3,4)5/h7,10H,6,15H2,1-5H3,(H,16,17). The fraction of sp³-hybridized carbons (Fsp3) is 0.571. The van der Waals surface area contributed by atoms with Crippen LogP contribution in [0.15, 0.2) is 6.07 Å². The molecule has 1 rings (SSSR count). The summed E-state index contributed by atoms with van der Waals surface area (Å²) in [6.07, 6.45) is 0. The van der Waals surface area contributed by atoms with E-state index in [-0.39, 0.29) is 11.3 Å². The third-order valence-corrected chi connectivity index (χ3v) is 3.77. The number of carbonyl (C=O) groups is 2. The predicted molar refractivity (Wildman–Crippen MR) is 81.1 cm³/mol. The number of amides is 1. The first-order chi connectivity index (χ1) is 9.16. The lowest BCUT2D eigenvalue weighted by Gasteiger charge is -2.25. The predicted octanol–water partition coefficient (Wildman–Crippen LogP) is 2.55. The van der Waals surface area contributed by atoms with Crippen LogP contribution in [0, 0.1) is 12.3 Å². The molecule has 20 heavy (non-hydrogen) atoms. The van der Waals surface area contributed by atoms with E-state index < -0.39 is 12.0 Å². The quantitative estimate of drug-likeness (QED) is 0.837. The van der Waals surface area contributed by atoms with Gasteiger partial charge < -0.3 is 15.8 Å². The molecule has 0 radical (unpaired) electrons. The SMILES string of the molecule is CCOC(=O)c1cc(C)sc1NC(=O)C(N)C(C)(C)C. The zero-order chi connectivity index (χ0) is 15.5. The van der Waals surface area contributed by atoms with Crippen molar-refractivity contribution >= 4 is 28.2 Å². The average molecular weight is 298 g/mol. The number of thiophene rings is 1. The highest BCUT2D eigenvalue weighted by Crippen LogP contribution is 2.29. The number of anilines is 1. The van der Waals surface area contributed by atoms with Crippen LogP contribution in [0.1, 0.15) is 42.9 Å². The Morgan fingerprint density at radius 3 is 2.55 bits per heavy atom. The van der Waals surface area contributed by atoms with Crippen LogP contribution in [0.4, 0.5) is 5.00 Å². The van der Waals surface area contributed by atoms with Crippen molar-refractivity contribution in [3.8, 4) is 0 Å². The van der Waals surface area contributed by atoms with E-state index >= 15 is 0 Å². The van der Waals surface area contributed by atoms with Crippen LogP contribution in [-0.2, 0) is 9.53 Å². The van der Waals surface area contributed by atoms with Gasteiger partial charge in [0.05, 0.1) is 18.2 Å². The van der Waals surface area contributed by atoms with Gasteiger partial charge in [-0.05, 0) is 25.3 Å². The molecule has 1 aromatic heterocycles. The van der Waals surface area contributed by atoms with Crippen molar-refractivity contribution in [2.24, 2.45) is 11.1 Å². The molecule has 1 aromatic rings. The van der Waals surface area contributed by atoms with Crippen LogP contribution < -0.4 is 11.1 Å². The first-order valence-electron chi connectivity index (χ1n) is 6.50. The summed E-state index contributed by atoms with van der Waals surface area (Å²) in [6, 6.07) is 1.06. The third kappa shape index (κ3) is 4.05. The van der Waals surface area contributed by atoms with Gasteiger partial charge in [0.2, 0.25) is 5.91 Å². The Hall–Kier alpha value is -1.40. The highest BCUT2D eigenvalue weighted by atomic mass is 32.1. The van der Waals surface area contributed by atoms with Crippen LogP contribution in [0.25, 0.3) is 0 Å². The molecule has 0 bridgehead atoms. The molecule has 0 saturated heterocycles. The molecular weight excluding hydrogens is 276 g/mol. The molecule has 5 nitrogen and oxygen atoms in total. The molecule has 0 aromatic carbocycles. The second-order valence-corrected chi connectivity index (χ2v) is 6.91. The Morgan fingerprint density at radius 1 is 1.45 bits per heavy atom. The van der Waals surface area contributed by atoms with Crippen molar-refractivity contribution in [3.63, 3.8) is 0 Å². The maximum Gasteiger partial charge on any atom is 0.341 e. The van der Waals surface area contributed by atoms with Gasteiger partial charge in [0.1, 0.15) is 5.00 Å². The maximum atomic E-state index is 12.1.